The first-order chi connectivity index (χ1) is 22.5. The van der Waals surface area contributed by atoms with E-state index < -0.39 is 11.1 Å². The van der Waals surface area contributed by atoms with Crippen molar-refractivity contribution in [2.75, 3.05) is 66.7 Å². The highest BCUT2D eigenvalue weighted by molar-refractivity contribution is 7.96. The SMILES string of the molecule is CC.CC.CCC(=O)CCOCC(COCCC(=O)CC)(COCCC(=O)C(C)C)NC(=O)CC(C)(C)OCC(C)(C)N(C)SC.CO. The molecule has 0 radical (unpaired) electrons. The lowest BCUT2D eigenvalue weighted by Gasteiger charge is -2.38. The van der Waals surface area contributed by atoms with Crippen LogP contribution in [0.1, 0.15) is 122 Å². The fourth-order valence-electron chi connectivity index (χ4n) is 3.71. The lowest BCUT2D eigenvalue weighted by atomic mass is 9.99. The van der Waals surface area contributed by atoms with Crippen LogP contribution < -0.4 is 5.32 Å². The molecule has 0 saturated carbocycles. The molecule has 288 valence electrons. The predicted octanol–water partition coefficient (Wildman–Crippen LogP) is 6.08. The summed E-state index contributed by atoms with van der Waals surface area (Å²) in [6.45, 7) is 24.3. The number of aliphatic hydroxyl groups excluding tert-OH is 1. The van der Waals surface area contributed by atoms with Gasteiger partial charge in [-0.15, -0.1) is 0 Å². The molecule has 0 fully saturated rings. The molecular formula is C36H74N2O9S. The summed E-state index contributed by atoms with van der Waals surface area (Å²) in [4.78, 5) is 49.2. The molecule has 48 heavy (non-hydrogen) atoms. The maximum atomic E-state index is 13.5. The van der Waals surface area contributed by atoms with E-state index in [9.17, 15) is 19.2 Å². The maximum Gasteiger partial charge on any atom is 0.223 e. The highest BCUT2D eigenvalue weighted by Gasteiger charge is 2.36. The van der Waals surface area contributed by atoms with E-state index >= 15 is 0 Å². The second-order valence-corrected chi connectivity index (χ2v) is 13.3. The summed E-state index contributed by atoms with van der Waals surface area (Å²) in [6.07, 6.45) is 3.69. The number of nitrogens with one attached hydrogen (secondary N) is 1. The predicted molar refractivity (Wildman–Crippen MR) is 198 cm³/mol. The first-order valence-electron chi connectivity index (χ1n) is 17.5. The summed E-state index contributed by atoms with van der Waals surface area (Å²) in [6, 6.07) is 0. The van der Waals surface area contributed by atoms with Gasteiger partial charge in [0.05, 0.1) is 58.3 Å². The normalized spacial score (nSPS) is 11.5. The van der Waals surface area contributed by atoms with Crippen molar-refractivity contribution in [3.8, 4) is 0 Å². The molecule has 0 aromatic rings. The number of hydrogen-bond donors (Lipinski definition) is 2. The van der Waals surface area contributed by atoms with E-state index in [0.717, 1.165) is 7.11 Å². The van der Waals surface area contributed by atoms with Crippen LogP contribution in [0.25, 0.3) is 0 Å². The van der Waals surface area contributed by atoms with Gasteiger partial charge >= 0.3 is 0 Å². The molecule has 0 aliphatic rings. The maximum absolute atomic E-state index is 13.5. The van der Waals surface area contributed by atoms with Gasteiger partial charge in [0.25, 0.3) is 0 Å². The largest absolute Gasteiger partial charge is 0.400 e. The minimum atomic E-state index is -1.10. The van der Waals surface area contributed by atoms with Crippen molar-refractivity contribution in [3.05, 3.63) is 0 Å². The fourth-order valence-corrected chi connectivity index (χ4v) is 4.26. The molecule has 0 spiro atoms. The van der Waals surface area contributed by atoms with Crippen LogP contribution in [0, 0.1) is 5.92 Å². The van der Waals surface area contributed by atoms with Crippen molar-refractivity contribution < 1.29 is 43.2 Å². The van der Waals surface area contributed by atoms with E-state index in [4.69, 9.17) is 24.1 Å². The number of likely N-dealkylation sites (N-methyl/N-ethyl adjacent to an activating group) is 1. The molecule has 2 N–H and O–H groups in total. The lowest BCUT2D eigenvalue weighted by Crippen LogP contribution is -2.59. The molecule has 0 aliphatic carbocycles. The van der Waals surface area contributed by atoms with Crippen LogP contribution in [-0.2, 0) is 38.1 Å². The van der Waals surface area contributed by atoms with Crippen molar-refractivity contribution in [1.29, 1.82) is 0 Å². The number of carbonyl (C=O) groups excluding carboxylic acids is 4. The van der Waals surface area contributed by atoms with E-state index in [-0.39, 0.29) is 100 Å². The molecule has 0 saturated heterocycles. The highest BCUT2D eigenvalue weighted by atomic mass is 32.2. The van der Waals surface area contributed by atoms with Gasteiger partial charge in [-0.1, -0.05) is 67.3 Å². The zero-order chi connectivity index (χ0) is 38.4. The first kappa shape index (κ1) is 53.4. The zero-order valence-electron chi connectivity index (χ0n) is 33.3. The number of ketones is 3. The standard InChI is InChI=1S/C31H58N2O8S.2C2H6.CH4O/c1-11-25(34)13-16-38-21-31(22-39-17-14-26(35)12-2,23-40-18-15-27(36)24(3)4)32-28(37)19-30(7,8)41-20-29(5,6)33(9)42-10;3*1-2/h24H,11-23H2,1-10H3,(H,32,37);2*1-2H3;2H,1H3. The van der Waals surface area contributed by atoms with Gasteiger partial charge in [0, 0.05) is 50.7 Å². The second kappa shape index (κ2) is 31.6. The molecule has 0 aromatic carbocycles. The topological polar surface area (TPSA) is 141 Å². The van der Waals surface area contributed by atoms with Crippen LogP contribution in [0.2, 0.25) is 0 Å². The van der Waals surface area contributed by atoms with Crippen molar-refractivity contribution in [1.82, 2.24) is 9.62 Å². The monoisotopic (exact) mass is 711 g/mol. The third kappa shape index (κ3) is 27.4. The van der Waals surface area contributed by atoms with Gasteiger partial charge in [0.15, 0.2) is 0 Å². The number of hydrogen-bond acceptors (Lipinski definition) is 11. The Labute approximate surface area is 298 Å². The van der Waals surface area contributed by atoms with Gasteiger partial charge in [0.1, 0.15) is 22.9 Å². The number of carbonyl (C=O) groups is 4. The molecule has 0 bridgehead atoms. The molecule has 0 heterocycles. The average molecular weight is 711 g/mol. The Hall–Kier alpha value is -1.41. The quantitative estimate of drug-likeness (QED) is 0.0797. The number of Topliss-reactive ketones (excluding diaryl/α,β-unsaturated/α-hetero) is 3. The molecule has 0 unspecified atom stereocenters. The Morgan fingerprint density at radius 3 is 1.50 bits per heavy atom. The van der Waals surface area contributed by atoms with E-state index in [1.54, 1.807) is 25.8 Å². The third-order valence-corrected chi connectivity index (χ3v) is 8.09. The Morgan fingerprint density at radius 1 is 0.750 bits per heavy atom. The van der Waals surface area contributed by atoms with E-state index in [2.05, 4.69) is 23.5 Å². The molecule has 0 atom stereocenters. The smallest absolute Gasteiger partial charge is 0.223 e. The van der Waals surface area contributed by atoms with Crippen LogP contribution in [0.15, 0.2) is 0 Å². The summed E-state index contributed by atoms with van der Waals surface area (Å²) in [5.74, 6) is -0.130. The van der Waals surface area contributed by atoms with Gasteiger partial charge in [-0.2, -0.15) is 0 Å². The Morgan fingerprint density at radius 2 is 1.15 bits per heavy atom. The van der Waals surface area contributed by atoms with Gasteiger partial charge < -0.3 is 29.4 Å². The Bertz CT molecular complexity index is 812. The van der Waals surface area contributed by atoms with Crippen LogP contribution in [0.4, 0.5) is 0 Å². The van der Waals surface area contributed by atoms with Gasteiger partial charge in [-0.05, 0) is 41.0 Å². The summed E-state index contributed by atoms with van der Waals surface area (Å²) < 4.78 is 26.0. The number of nitrogens with zero attached hydrogens (tertiary/aromatic N) is 1. The summed E-state index contributed by atoms with van der Waals surface area (Å²) in [5, 5.41) is 10.1. The van der Waals surface area contributed by atoms with Gasteiger partial charge in [-0.25, -0.2) is 4.31 Å². The minimum Gasteiger partial charge on any atom is -0.400 e. The molecule has 0 aromatic heterocycles. The van der Waals surface area contributed by atoms with Crippen LogP contribution in [-0.4, -0.2) is 116 Å². The first-order valence-corrected chi connectivity index (χ1v) is 18.7. The van der Waals surface area contributed by atoms with Crippen LogP contribution >= 0.6 is 11.9 Å². The summed E-state index contributed by atoms with van der Waals surface area (Å²) in [7, 11) is 3.00. The molecule has 1 amide bonds. The molecule has 12 heteroatoms. The molecular weight excluding hydrogens is 636 g/mol. The lowest BCUT2D eigenvalue weighted by molar-refractivity contribution is -0.136. The third-order valence-electron chi connectivity index (χ3n) is 7.04. The average Bonchev–Trinajstić information content (AvgIpc) is 3.07. The van der Waals surface area contributed by atoms with E-state index in [1.807, 2.05) is 68.7 Å². The fraction of sp³-hybridized carbons (Fsp3) is 0.889. The molecule has 0 aliphatic heterocycles. The van der Waals surface area contributed by atoms with Crippen molar-refractivity contribution in [2.45, 2.75) is 138 Å². The van der Waals surface area contributed by atoms with Gasteiger partial charge in [-0.3, -0.25) is 19.2 Å². The van der Waals surface area contributed by atoms with Crippen LogP contribution in [0.5, 0.6) is 0 Å². The highest BCUT2D eigenvalue weighted by Crippen LogP contribution is 2.24. The Kier molecular flexibility index (Phi) is 35.1. The number of ether oxygens (including phenoxy) is 4. The second-order valence-electron chi connectivity index (χ2n) is 12.4. The minimum absolute atomic E-state index is 0.0282. The zero-order valence-corrected chi connectivity index (χ0v) is 34.2. The van der Waals surface area contributed by atoms with Crippen molar-refractivity contribution in [3.63, 3.8) is 0 Å². The Balaban J connectivity index is -0.00000152. The van der Waals surface area contributed by atoms with Crippen molar-refractivity contribution >= 4 is 35.2 Å². The van der Waals surface area contributed by atoms with Gasteiger partial charge in [0.2, 0.25) is 5.91 Å². The number of amides is 1. The number of rotatable bonds is 26. The van der Waals surface area contributed by atoms with Crippen LogP contribution in [0.3, 0.4) is 0 Å². The van der Waals surface area contributed by atoms with Crippen molar-refractivity contribution in [2.24, 2.45) is 5.92 Å². The number of aliphatic hydroxyl groups is 1. The molecule has 0 rings (SSSR count). The molecule has 11 nitrogen and oxygen atoms in total. The summed E-state index contributed by atoms with van der Waals surface area (Å²) >= 11 is 1.61. The van der Waals surface area contributed by atoms with E-state index in [0.29, 0.717) is 19.4 Å². The summed E-state index contributed by atoms with van der Waals surface area (Å²) in [5.41, 5.74) is -2.11. The van der Waals surface area contributed by atoms with E-state index in [1.165, 1.54) is 0 Å².